The molecule has 0 aliphatic carbocycles. The average Bonchev–Trinajstić information content (AvgIpc) is 2.81. The first-order valence-corrected chi connectivity index (χ1v) is 8.22. The van der Waals surface area contributed by atoms with E-state index in [0.717, 1.165) is 50.8 Å². The van der Waals surface area contributed by atoms with Crippen LogP contribution in [0.15, 0.2) is 12.3 Å². The van der Waals surface area contributed by atoms with Crippen LogP contribution in [0, 0.1) is 0 Å². The fraction of sp³-hybridized carbons (Fsp3) is 0.538. The molecule has 0 unspecified atom stereocenters. The van der Waals surface area contributed by atoms with E-state index in [9.17, 15) is 0 Å². The van der Waals surface area contributed by atoms with Gasteiger partial charge in [0.2, 0.25) is 11.8 Å². The third kappa shape index (κ3) is 3.63. The molecule has 0 saturated carbocycles. The number of hydrogen-bond acceptors (Lipinski definition) is 8. The van der Waals surface area contributed by atoms with Crippen molar-refractivity contribution in [3.63, 3.8) is 0 Å². The summed E-state index contributed by atoms with van der Waals surface area (Å²) in [7, 11) is 1.61. The number of methoxy groups -OCH3 is 1. The van der Waals surface area contributed by atoms with Crippen molar-refractivity contribution in [3.05, 3.63) is 22.3 Å². The fourth-order valence-electron chi connectivity index (χ4n) is 2.43. The first kappa shape index (κ1) is 15.4. The molecule has 2 aromatic rings. The molecule has 1 aliphatic heterocycles. The molecule has 0 radical (unpaired) electrons. The molecule has 0 aromatic carbocycles. The van der Waals surface area contributed by atoms with Crippen LogP contribution in [0.25, 0.3) is 0 Å². The van der Waals surface area contributed by atoms with Crippen LogP contribution < -0.4 is 9.64 Å². The SMILES string of the molecule is COc1ccnc(N2CCCN(Cc3nnsc3Cl)CC2)n1. The van der Waals surface area contributed by atoms with E-state index in [4.69, 9.17) is 16.3 Å². The van der Waals surface area contributed by atoms with Crippen molar-refractivity contribution >= 4 is 29.1 Å². The molecule has 3 heterocycles. The van der Waals surface area contributed by atoms with Gasteiger partial charge in [-0.15, -0.1) is 5.10 Å². The van der Waals surface area contributed by atoms with Crippen LogP contribution in [0.5, 0.6) is 5.88 Å². The molecule has 0 bridgehead atoms. The molecule has 3 rings (SSSR count). The van der Waals surface area contributed by atoms with Gasteiger partial charge in [0.25, 0.3) is 0 Å². The Balaban J connectivity index is 1.63. The molecule has 1 aliphatic rings. The van der Waals surface area contributed by atoms with E-state index in [1.807, 2.05) is 0 Å². The first-order chi connectivity index (χ1) is 10.8. The predicted molar refractivity (Wildman–Crippen MR) is 85.6 cm³/mol. The Hall–Kier alpha value is -1.51. The second-order valence-corrected chi connectivity index (χ2v) is 6.37. The molecule has 0 atom stereocenters. The van der Waals surface area contributed by atoms with Gasteiger partial charge in [0.1, 0.15) is 10.0 Å². The van der Waals surface area contributed by atoms with Gasteiger partial charge in [0.15, 0.2) is 0 Å². The van der Waals surface area contributed by atoms with Crippen LogP contribution in [0.1, 0.15) is 12.1 Å². The van der Waals surface area contributed by atoms with Gasteiger partial charge in [0, 0.05) is 56.5 Å². The quantitative estimate of drug-likeness (QED) is 0.839. The molecule has 0 N–H and O–H groups in total. The van der Waals surface area contributed by atoms with Gasteiger partial charge >= 0.3 is 0 Å². The molecule has 9 heteroatoms. The Bertz CT molecular complexity index is 624. The Kier molecular flexibility index (Phi) is 5.01. The van der Waals surface area contributed by atoms with Crippen molar-refractivity contribution in [3.8, 4) is 5.88 Å². The Morgan fingerprint density at radius 1 is 1.32 bits per heavy atom. The lowest BCUT2D eigenvalue weighted by atomic mass is 10.3. The maximum atomic E-state index is 6.08. The molecule has 1 saturated heterocycles. The van der Waals surface area contributed by atoms with E-state index < -0.39 is 0 Å². The van der Waals surface area contributed by atoms with Gasteiger partial charge in [-0.3, -0.25) is 4.90 Å². The number of aromatic nitrogens is 4. The second kappa shape index (κ2) is 7.17. The lowest BCUT2D eigenvalue weighted by Gasteiger charge is -2.21. The molecular weight excluding hydrogens is 324 g/mol. The van der Waals surface area contributed by atoms with E-state index in [0.29, 0.717) is 10.2 Å². The zero-order valence-electron chi connectivity index (χ0n) is 12.3. The maximum absolute atomic E-state index is 6.08. The molecule has 2 aromatic heterocycles. The third-order valence-electron chi connectivity index (χ3n) is 3.58. The largest absolute Gasteiger partial charge is 0.481 e. The van der Waals surface area contributed by atoms with Gasteiger partial charge in [-0.05, 0) is 6.42 Å². The minimum Gasteiger partial charge on any atom is -0.481 e. The number of rotatable bonds is 4. The molecule has 7 nitrogen and oxygen atoms in total. The summed E-state index contributed by atoms with van der Waals surface area (Å²) in [6, 6.07) is 1.75. The van der Waals surface area contributed by atoms with Crippen LogP contribution in [0.2, 0.25) is 4.34 Å². The van der Waals surface area contributed by atoms with Crippen molar-refractivity contribution in [1.82, 2.24) is 24.5 Å². The highest BCUT2D eigenvalue weighted by Crippen LogP contribution is 2.20. The zero-order valence-corrected chi connectivity index (χ0v) is 13.8. The van der Waals surface area contributed by atoms with E-state index in [2.05, 4.69) is 29.4 Å². The summed E-state index contributed by atoms with van der Waals surface area (Å²) in [6.45, 7) is 4.43. The van der Waals surface area contributed by atoms with Crippen LogP contribution >= 0.6 is 23.1 Å². The summed E-state index contributed by atoms with van der Waals surface area (Å²) in [5.74, 6) is 1.31. The van der Waals surface area contributed by atoms with Gasteiger partial charge in [-0.25, -0.2) is 4.98 Å². The summed E-state index contributed by atoms with van der Waals surface area (Å²) < 4.78 is 9.72. The van der Waals surface area contributed by atoms with E-state index in [1.54, 1.807) is 19.4 Å². The van der Waals surface area contributed by atoms with Crippen LogP contribution in [-0.4, -0.2) is 57.7 Å². The van der Waals surface area contributed by atoms with Gasteiger partial charge in [-0.2, -0.15) is 4.98 Å². The number of halogens is 1. The summed E-state index contributed by atoms with van der Waals surface area (Å²) in [5, 5.41) is 4.08. The van der Waals surface area contributed by atoms with Gasteiger partial charge < -0.3 is 9.64 Å². The first-order valence-electron chi connectivity index (χ1n) is 7.07. The topological polar surface area (TPSA) is 67.3 Å². The smallest absolute Gasteiger partial charge is 0.228 e. The van der Waals surface area contributed by atoms with Crippen LogP contribution in [-0.2, 0) is 6.54 Å². The number of hydrogen-bond donors (Lipinski definition) is 0. The lowest BCUT2D eigenvalue weighted by Crippen LogP contribution is -2.31. The van der Waals surface area contributed by atoms with Crippen molar-refractivity contribution in [2.24, 2.45) is 0 Å². The molecular formula is C13H17ClN6OS. The minimum atomic E-state index is 0.589. The summed E-state index contributed by atoms with van der Waals surface area (Å²) >= 11 is 7.31. The standard InChI is InChI=1S/C13H17ClN6OS/c1-21-11-3-4-15-13(16-11)20-6-2-5-19(7-8-20)9-10-12(14)22-18-17-10/h3-4H,2,5-9H2,1H3. The average molecular weight is 341 g/mol. The number of nitrogens with zero attached hydrogens (tertiary/aromatic N) is 6. The Labute approximate surface area is 138 Å². The van der Waals surface area contributed by atoms with E-state index in [-0.39, 0.29) is 0 Å². The van der Waals surface area contributed by atoms with Gasteiger partial charge in [0.05, 0.1) is 7.11 Å². The number of anilines is 1. The van der Waals surface area contributed by atoms with Crippen molar-refractivity contribution in [2.45, 2.75) is 13.0 Å². The normalized spacial score (nSPS) is 16.5. The molecule has 1 fully saturated rings. The van der Waals surface area contributed by atoms with Crippen molar-refractivity contribution in [1.29, 1.82) is 0 Å². The predicted octanol–water partition coefficient (Wildman–Crippen LogP) is 1.70. The van der Waals surface area contributed by atoms with Crippen LogP contribution in [0.4, 0.5) is 5.95 Å². The summed E-state index contributed by atoms with van der Waals surface area (Å²) in [6.07, 6.45) is 2.76. The fourth-order valence-corrected chi connectivity index (χ4v) is 3.04. The minimum absolute atomic E-state index is 0.589. The van der Waals surface area contributed by atoms with Gasteiger partial charge in [-0.1, -0.05) is 16.1 Å². The highest BCUT2D eigenvalue weighted by Gasteiger charge is 2.19. The lowest BCUT2D eigenvalue weighted by molar-refractivity contribution is 0.282. The monoisotopic (exact) mass is 340 g/mol. The summed E-state index contributed by atoms with van der Waals surface area (Å²) in [4.78, 5) is 13.3. The molecule has 0 spiro atoms. The summed E-state index contributed by atoms with van der Waals surface area (Å²) in [5.41, 5.74) is 0.859. The third-order valence-corrected chi connectivity index (χ3v) is 4.56. The highest BCUT2D eigenvalue weighted by atomic mass is 35.5. The Morgan fingerprint density at radius 2 is 2.23 bits per heavy atom. The number of ether oxygens (including phenoxy) is 1. The van der Waals surface area contributed by atoms with Crippen LogP contribution in [0.3, 0.4) is 0 Å². The van der Waals surface area contributed by atoms with Crippen molar-refractivity contribution < 1.29 is 4.74 Å². The zero-order chi connectivity index (χ0) is 15.4. The Morgan fingerprint density at radius 3 is 3.00 bits per heavy atom. The van der Waals surface area contributed by atoms with E-state index in [1.165, 1.54) is 11.5 Å². The highest BCUT2D eigenvalue weighted by molar-refractivity contribution is 7.10. The maximum Gasteiger partial charge on any atom is 0.228 e. The molecule has 0 amide bonds. The molecule has 22 heavy (non-hydrogen) atoms. The molecule has 118 valence electrons. The second-order valence-electron chi connectivity index (χ2n) is 5.01. The van der Waals surface area contributed by atoms with E-state index >= 15 is 0 Å². The van der Waals surface area contributed by atoms with Crippen molar-refractivity contribution in [2.75, 3.05) is 38.2 Å².